The highest BCUT2D eigenvalue weighted by Gasteiger charge is 1.87. The van der Waals surface area contributed by atoms with Gasteiger partial charge in [-0.3, -0.25) is 0 Å². The van der Waals surface area contributed by atoms with Gasteiger partial charge in [0.1, 0.15) is 6.34 Å². The fourth-order valence-electron chi connectivity index (χ4n) is 0.445. The number of rotatable bonds is 1. The van der Waals surface area contributed by atoms with E-state index in [-0.39, 0.29) is 0 Å². The zero-order valence-corrected chi connectivity index (χ0v) is 5.15. The Labute approximate surface area is 53.5 Å². The number of hydrogen-bond donors (Lipinski definition) is 1. The minimum atomic E-state index is 1.51. The molecule has 0 radical (unpaired) electrons. The van der Waals surface area contributed by atoms with E-state index in [1.165, 1.54) is 5.12 Å². The molecule has 0 fully saturated rings. The number of aliphatic imine (C=N–C) groups is 1. The highest BCUT2D eigenvalue weighted by atomic mass is 15.7. The Kier molecular flexibility index (Phi) is 1.98. The third-order valence-corrected chi connectivity index (χ3v) is 0.854. The summed E-state index contributed by atoms with van der Waals surface area (Å²) < 4.78 is 0. The highest BCUT2D eigenvalue weighted by molar-refractivity contribution is 5.73. The third-order valence-electron chi connectivity index (χ3n) is 0.854. The molecule has 0 unspecified atom stereocenters. The molecule has 1 aliphatic rings. The van der Waals surface area contributed by atoms with Crippen molar-refractivity contribution in [2.75, 3.05) is 7.05 Å². The number of hydrazine groups is 1. The summed E-state index contributed by atoms with van der Waals surface area (Å²) in [6.45, 7) is 0. The Morgan fingerprint density at radius 2 is 2.44 bits per heavy atom. The van der Waals surface area contributed by atoms with Gasteiger partial charge in [0.25, 0.3) is 0 Å². The van der Waals surface area contributed by atoms with Crippen molar-refractivity contribution in [3.63, 3.8) is 0 Å². The zero-order valence-electron chi connectivity index (χ0n) is 5.15. The molecule has 9 heavy (non-hydrogen) atoms. The normalized spacial score (nSPS) is 16.3. The Bertz CT molecular complexity index is 142. The van der Waals surface area contributed by atoms with Gasteiger partial charge in [-0.25, -0.2) is 10.4 Å². The predicted molar refractivity (Wildman–Crippen MR) is 37.0 cm³/mol. The van der Waals surface area contributed by atoms with Crippen LogP contribution in [0.1, 0.15) is 0 Å². The van der Waals surface area contributed by atoms with Crippen LogP contribution in [0.15, 0.2) is 22.4 Å². The Morgan fingerprint density at radius 1 is 1.56 bits per heavy atom. The highest BCUT2D eigenvalue weighted by Crippen LogP contribution is 1.82. The van der Waals surface area contributed by atoms with Crippen molar-refractivity contribution in [1.82, 2.24) is 10.5 Å². The Morgan fingerprint density at radius 3 is 3.22 bits per heavy atom. The lowest BCUT2D eigenvalue weighted by Gasteiger charge is -2.07. The molecule has 0 spiro atoms. The molecule has 0 bridgehead atoms. The van der Waals surface area contributed by atoms with Crippen LogP contribution < -0.4 is 5.43 Å². The maximum atomic E-state index is 3.90. The monoisotopic (exact) mass is 124 g/mol. The number of nitrogens with zero attached hydrogens (tertiary/aromatic N) is 3. The largest absolute Gasteiger partial charge is 0.243 e. The van der Waals surface area contributed by atoms with Crippen molar-refractivity contribution in [3.8, 4) is 0 Å². The van der Waals surface area contributed by atoms with Gasteiger partial charge in [0.2, 0.25) is 0 Å². The summed E-state index contributed by atoms with van der Waals surface area (Å²) in [5, 5.41) is 5.42. The van der Waals surface area contributed by atoms with E-state index in [1.807, 2.05) is 0 Å². The van der Waals surface area contributed by atoms with E-state index in [1.54, 1.807) is 31.9 Å². The van der Waals surface area contributed by atoms with E-state index in [4.69, 9.17) is 0 Å². The van der Waals surface area contributed by atoms with Crippen LogP contribution in [0.4, 0.5) is 0 Å². The van der Waals surface area contributed by atoms with Crippen LogP contribution in [0.5, 0.6) is 0 Å². The summed E-state index contributed by atoms with van der Waals surface area (Å²) in [6.07, 6.45) is 6.66. The van der Waals surface area contributed by atoms with E-state index in [2.05, 4.69) is 15.5 Å². The molecule has 1 rings (SSSR count). The van der Waals surface area contributed by atoms with Crippen LogP contribution in [-0.4, -0.2) is 24.7 Å². The molecule has 0 saturated carbocycles. The molecule has 0 saturated heterocycles. The van der Waals surface area contributed by atoms with Gasteiger partial charge in [-0.15, -0.1) is 0 Å². The van der Waals surface area contributed by atoms with Gasteiger partial charge in [0, 0.05) is 13.2 Å². The molecule has 0 aliphatic carbocycles. The predicted octanol–water partition coefficient (Wildman–Crippen LogP) is -0.0358. The van der Waals surface area contributed by atoms with E-state index >= 15 is 0 Å². The maximum absolute atomic E-state index is 3.90. The Hall–Kier alpha value is -1.16. The van der Waals surface area contributed by atoms with E-state index < -0.39 is 0 Å². The van der Waals surface area contributed by atoms with Gasteiger partial charge < -0.3 is 0 Å². The molecule has 4 heteroatoms. The first-order valence-electron chi connectivity index (χ1n) is 2.62. The van der Waals surface area contributed by atoms with E-state index in [0.717, 1.165) is 0 Å². The number of allylic oxidation sites excluding steroid dienone is 1. The molecule has 0 aromatic heterocycles. The van der Waals surface area contributed by atoms with Crippen molar-refractivity contribution in [2.45, 2.75) is 0 Å². The van der Waals surface area contributed by atoms with Crippen molar-refractivity contribution < 1.29 is 0 Å². The van der Waals surface area contributed by atoms with Gasteiger partial charge in [0.05, 0.1) is 6.21 Å². The fourth-order valence-corrected chi connectivity index (χ4v) is 0.445. The zero-order chi connectivity index (χ0) is 6.53. The van der Waals surface area contributed by atoms with Gasteiger partial charge >= 0.3 is 0 Å². The van der Waals surface area contributed by atoms with Gasteiger partial charge in [0.15, 0.2) is 0 Å². The second-order valence-electron chi connectivity index (χ2n) is 1.44. The first-order valence-corrected chi connectivity index (χ1v) is 2.62. The molecule has 0 aromatic rings. The molecule has 1 aliphatic heterocycles. The lowest BCUT2D eigenvalue weighted by Crippen LogP contribution is -2.27. The van der Waals surface area contributed by atoms with Crippen molar-refractivity contribution >= 4 is 12.6 Å². The fraction of sp³-hybridized carbons (Fsp3) is 0.200. The topological polar surface area (TPSA) is 40.0 Å². The average molecular weight is 124 g/mol. The minimum Gasteiger partial charge on any atom is -0.243 e. The summed E-state index contributed by atoms with van der Waals surface area (Å²) in [5.74, 6) is 0. The molecule has 1 heterocycles. The van der Waals surface area contributed by atoms with Crippen LogP contribution >= 0.6 is 0 Å². The molecule has 0 amide bonds. The van der Waals surface area contributed by atoms with Crippen LogP contribution in [0.3, 0.4) is 0 Å². The van der Waals surface area contributed by atoms with Crippen LogP contribution in [0.25, 0.3) is 0 Å². The van der Waals surface area contributed by atoms with Crippen molar-refractivity contribution in [3.05, 3.63) is 12.3 Å². The second-order valence-corrected chi connectivity index (χ2v) is 1.44. The van der Waals surface area contributed by atoms with Gasteiger partial charge in [-0.05, 0) is 6.08 Å². The van der Waals surface area contributed by atoms with Crippen LogP contribution in [-0.2, 0) is 0 Å². The maximum Gasteiger partial charge on any atom is 0.130 e. The summed E-state index contributed by atoms with van der Waals surface area (Å²) >= 11 is 0. The molecule has 4 nitrogen and oxygen atoms in total. The standard InChI is InChI=1S/C5H8N4/c1-6-9-5-7-3-2-4-8-9/h2-6H,1H3. The first-order chi connectivity index (χ1) is 4.43. The third kappa shape index (κ3) is 1.65. The molecule has 1 N–H and O–H groups in total. The Balaban J connectivity index is 2.58. The summed E-state index contributed by atoms with van der Waals surface area (Å²) in [7, 11) is 1.77. The van der Waals surface area contributed by atoms with Gasteiger partial charge in [-0.2, -0.15) is 10.2 Å². The SMILES string of the molecule is CNN1C=NC=CC=N1. The van der Waals surface area contributed by atoms with Crippen LogP contribution in [0.2, 0.25) is 0 Å². The van der Waals surface area contributed by atoms with Gasteiger partial charge in [-0.1, -0.05) is 0 Å². The number of nitrogens with one attached hydrogen (secondary N) is 1. The molecule has 0 aromatic carbocycles. The molecular formula is C5H8N4. The second kappa shape index (κ2) is 2.99. The lowest BCUT2D eigenvalue weighted by atomic mass is 10.7. The lowest BCUT2D eigenvalue weighted by molar-refractivity contribution is 0.372. The van der Waals surface area contributed by atoms with E-state index in [9.17, 15) is 0 Å². The number of hydrogen-bond acceptors (Lipinski definition) is 4. The van der Waals surface area contributed by atoms with Crippen molar-refractivity contribution in [1.29, 1.82) is 0 Å². The minimum absolute atomic E-state index is 1.51. The molecular weight excluding hydrogens is 116 g/mol. The molecule has 48 valence electrons. The quantitative estimate of drug-likeness (QED) is 0.533. The average Bonchev–Trinajstić information content (AvgIpc) is 2.13. The van der Waals surface area contributed by atoms with Crippen molar-refractivity contribution in [2.24, 2.45) is 10.1 Å². The summed E-state index contributed by atoms with van der Waals surface area (Å²) in [6, 6.07) is 0. The summed E-state index contributed by atoms with van der Waals surface area (Å²) in [4.78, 5) is 3.86. The smallest absolute Gasteiger partial charge is 0.130 e. The summed E-state index contributed by atoms with van der Waals surface area (Å²) in [5.41, 5.74) is 2.79. The first kappa shape index (κ1) is 5.97. The molecule has 0 atom stereocenters. The van der Waals surface area contributed by atoms with E-state index in [0.29, 0.717) is 0 Å². The van der Waals surface area contributed by atoms with Crippen LogP contribution in [0, 0.1) is 0 Å². The number of hydrazone groups is 1.